The van der Waals surface area contributed by atoms with Crippen LogP contribution in [0.1, 0.15) is 38.8 Å². The molecule has 0 aliphatic carbocycles. The fourth-order valence-electron chi connectivity index (χ4n) is 4.47. The number of rotatable bonds is 3. The molecule has 2 aromatic rings. The lowest BCUT2D eigenvalue weighted by atomic mass is 9.87. The summed E-state index contributed by atoms with van der Waals surface area (Å²) in [5, 5.41) is 2.66. The molecule has 4 rings (SSSR count). The predicted octanol–water partition coefficient (Wildman–Crippen LogP) is 5.79. The Labute approximate surface area is 206 Å². The van der Waals surface area contributed by atoms with Crippen molar-refractivity contribution in [2.75, 3.05) is 16.3 Å². The number of allylic oxidation sites excluding steroid dienone is 1. The third-order valence-electron chi connectivity index (χ3n) is 5.88. The third kappa shape index (κ3) is 4.11. The van der Waals surface area contributed by atoms with Crippen molar-refractivity contribution < 1.29 is 14.4 Å². The first-order chi connectivity index (χ1) is 15.5. The van der Waals surface area contributed by atoms with E-state index in [-0.39, 0.29) is 11.1 Å². The van der Waals surface area contributed by atoms with Crippen LogP contribution in [0.2, 0.25) is 5.02 Å². The monoisotopic (exact) mass is 527 g/mol. The van der Waals surface area contributed by atoms with Crippen molar-refractivity contribution in [2.45, 2.75) is 33.2 Å². The van der Waals surface area contributed by atoms with Gasteiger partial charge in [-0.2, -0.15) is 0 Å². The highest BCUT2D eigenvalue weighted by molar-refractivity contribution is 9.10. The van der Waals surface area contributed by atoms with E-state index in [4.69, 9.17) is 11.6 Å². The number of nitrogens with one attached hydrogen (secondary N) is 1. The van der Waals surface area contributed by atoms with Crippen LogP contribution in [-0.4, -0.2) is 29.9 Å². The van der Waals surface area contributed by atoms with Gasteiger partial charge in [-0.3, -0.25) is 14.9 Å². The van der Waals surface area contributed by atoms with Gasteiger partial charge in [-0.1, -0.05) is 39.7 Å². The van der Waals surface area contributed by atoms with Crippen molar-refractivity contribution in [3.63, 3.8) is 0 Å². The maximum Gasteiger partial charge on any atom is 0.335 e. The number of nitrogens with zero attached hydrogens (tertiary/aromatic N) is 2. The van der Waals surface area contributed by atoms with Crippen LogP contribution in [0, 0.1) is 0 Å². The van der Waals surface area contributed by atoms with Crippen molar-refractivity contribution in [1.82, 2.24) is 5.32 Å². The van der Waals surface area contributed by atoms with Crippen molar-refractivity contribution in [1.29, 1.82) is 0 Å². The summed E-state index contributed by atoms with van der Waals surface area (Å²) in [6, 6.07) is 9.69. The Bertz CT molecular complexity index is 1270. The smallest absolute Gasteiger partial charge is 0.335 e. The van der Waals surface area contributed by atoms with Crippen LogP contribution in [0.5, 0.6) is 0 Å². The molecule has 2 aliphatic heterocycles. The highest BCUT2D eigenvalue weighted by Gasteiger charge is 2.37. The number of amides is 4. The summed E-state index contributed by atoms with van der Waals surface area (Å²) >= 11 is 9.96. The van der Waals surface area contributed by atoms with Crippen LogP contribution in [0.25, 0.3) is 11.6 Å². The van der Waals surface area contributed by atoms with Crippen LogP contribution < -0.4 is 15.1 Å². The molecule has 33 heavy (non-hydrogen) atoms. The number of carbonyl (C=O) groups is 3. The van der Waals surface area contributed by atoms with Crippen molar-refractivity contribution in [2.24, 2.45) is 0 Å². The van der Waals surface area contributed by atoms with Gasteiger partial charge in [-0.15, -0.1) is 0 Å². The molecule has 6 nitrogen and oxygen atoms in total. The van der Waals surface area contributed by atoms with Gasteiger partial charge in [0.05, 0.1) is 11.2 Å². The SMILES string of the molecule is CCN1c2cc(Cl)c(/C=C3/C(=O)NC(=O)N(c4cccc(Br)c4)C3=O)cc2C(C)=CC1(C)C. The molecule has 2 heterocycles. The summed E-state index contributed by atoms with van der Waals surface area (Å²) in [7, 11) is 0. The van der Waals surface area contributed by atoms with Crippen molar-refractivity contribution in [3.8, 4) is 0 Å². The highest BCUT2D eigenvalue weighted by atomic mass is 79.9. The summed E-state index contributed by atoms with van der Waals surface area (Å²) in [6.07, 6.45) is 3.64. The number of urea groups is 1. The van der Waals surface area contributed by atoms with Gasteiger partial charge < -0.3 is 4.90 Å². The molecule has 0 bridgehead atoms. The number of benzene rings is 2. The van der Waals surface area contributed by atoms with E-state index in [1.807, 2.05) is 19.1 Å². The third-order valence-corrected chi connectivity index (χ3v) is 6.70. The number of likely N-dealkylation sites (N-methyl/N-ethyl adjacent to an activating group) is 1. The lowest BCUT2D eigenvalue weighted by molar-refractivity contribution is -0.122. The first-order valence-corrected chi connectivity index (χ1v) is 11.7. The Morgan fingerprint density at radius 3 is 2.55 bits per heavy atom. The van der Waals surface area contributed by atoms with Crippen molar-refractivity contribution >= 4 is 68.4 Å². The summed E-state index contributed by atoms with van der Waals surface area (Å²) in [5.41, 5.74) is 3.61. The van der Waals surface area contributed by atoms with Crippen LogP contribution in [0.4, 0.5) is 16.2 Å². The molecule has 0 atom stereocenters. The second kappa shape index (κ2) is 8.47. The van der Waals surface area contributed by atoms with Crippen LogP contribution in [0.3, 0.4) is 0 Å². The van der Waals surface area contributed by atoms with Gasteiger partial charge in [0.2, 0.25) is 0 Å². The highest BCUT2D eigenvalue weighted by Crippen LogP contribution is 2.41. The second-order valence-corrected chi connectivity index (χ2v) is 9.88. The normalized spacial score (nSPS) is 18.9. The predicted molar refractivity (Wildman–Crippen MR) is 135 cm³/mol. The Balaban J connectivity index is 1.80. The molecule has 0 saturated carbocycles. The Hall–Kier alpha value is -2.90. The first-order valence-electron chi connectivity index (χ1n) is 10.5. The van der Waals surface area contributed by atoms with Crippen LogP contribution in [0.15, 0.2) is 52.5 Å². The van der Waals surface area contributed by atoms with Gasteiger partial charge in [0, 0.05) is 27.3 Å². The van der Waals surface area contributed by atoms with Crippen LogP contribution >= 0.6 is 27.5 Å². The quantitative estimate of drug-likeness (QED) is 0.404. The molecule has 0 unspecified atom stereocenters. The average molecular weight is 529 g/mol. The second-order valence-electron chi connectivity index (χ2n) is 8.55. The number of imide groups is 2. The van der Waals surface area contributed by atoms with E-state index in [2.05, 4.69) is 53.0 Å². The number of barbiturate groups is 1. The first kappa shape index (κ1) is 23.3. The molecule has 8 heteroatoms. The molecule has 1 fully saturated rings. The Morgan fingerprint density at radius 2 is 1.88 bits per heavy atom. The molecule has 1 saturated heterocycles. The minimum atomic E-state index is -0.795. The number of carbonyl (C=O) groups excluding carboxylic acids is 3. The van der Waals surface area contributed by atoms with E-state index < -0.39 is 17.8 Å². The van der Waals surface area contributed by atoms with E-state index >= 15 is 0 Å². The Kier molecular flexibility index (Phi) is 5.97. The molecule has 4 amide bonds. The van der Waals surface area contributed by atoms with E-state index in [1.54, 1.807) is 24.3 Å². The molecule has 170 valence electrons. The van der Waals surface area contributed by atoms with Gasteiger partial charge in [0.1, 0.15) is 5.57 Å². The minimum absolute atomic E-state index is 0.165. The minimum Gasteiger partial charge on any atom is -0.363 e. The van der Waals surface area contributed by atoms with Gasteiger partial charge in [-0.25, -0.2) is 9.69 Å². The number of fused-ring (bicyclic) bond motifs is 1. The van der Waals surface area contributed by atoms with E-state index in [0.29, 0.717) is 20.7 Å². The van der Waals surface area contributed by atoms with Gasteiger partial charge >= 0.3 is 6.03 Å². The summed E-state index contributed by atoms with van der Waals surface area (Å²) < 4.78 is 0.700. The lowest BCUT2D eigenvalue weighted by Gasteiger charge is -2.43. The number of halogens is 2. The zero-order valence-corrected chi connectivity index (χ0v) is 21.0. The molecule has 0 spiro atoms. The molecule has 2 aliphatic rings. The summed E-state index contributed by atoms with van der Waals surface area (Å²) in [5.74, 6) is -1.46. The topological polar surface area (TPSA) is 69.7 Å². The maximum absolute atomic E-state index is 13.2. The zero-order valence-electron chi connectivity index (χ0n) is 18.7. The van der Waals surface area contributed by atoms with Crippen molar-refractivity contribution in [3.05, 3.63) is 68.7 Å². The number of anilines is 2. The fourth-order valence-corrected chi connectivity index (χ4v) is 5.07. The van der Waals surface area contributed by atoms with E-state index in [0.717, 1.165) is 28.3 Å². The average Bonchev–Trinajstić information content (AvgIpc) is 2.71. The molecule has 0 radical (unpaired) electrons. The van der Waals surface area contributed by atoms with Gasteiger partial charge in [-0.05, 0) is 75.2 Å². The zero-order chi connectivity index (χ0) is 24.1. The fraction of sp³-hybridized carbons (Fsp3) is 0.240. The molecule has 0 aromatic heterocycles. The van der Waals surface area contributed by atoms with Gasteiger partial charge in [0.15, 0.2) is 0 Å². The lowest BCUT2D eigenvalue weighted by Crippen LogP contribution is -2.54. The molecule has 2 aromatic carbocycles. The van der Waals surface area contributed by atoms with Crippen LogP contribution in [-0.2, 0) is 9.59 Å². The maximum atomic E-state index is 13.2. The summed E-state index contributed by atoms with van der Waals surface area (Å²) in [4.78, 5) is 41.4. The number of hydrogen-bond donors (Lipinski definition) is 1. The largest absolute Gasteiger partial charge is 0.363 e. The molecular weight excluding hydrogens is 506 g/mol. The van der Waals surface area contributed by atoms with E-state index in [1.165, 1.54) is 6.08 Å². The molecular formula is C25H23BrClN3O3. The summed E-state index contributed by atoms with van der Waals surface area (Å²) in [6.45, 7) is 9.20. The van der Waals surface area contributed by atoms with E-state index in [9.17, 15) is 14.4 Å². The molecule has 1 N–H and O–H groups in total. The number of hydrogen-bond acceptors (Lipinski definition) is 4. The van der Waals surface area contributed by atoms with Gasteiger partial charge in [0.25, 0.3) is 11.8 Å². The Morgan fingerprint density at radius 1 is 1.15 bits per heavy atom. The standard InChI is InChI=1S/C25H23BrClN3O3/c1-5-29-21-12-20(27)15(9-18(21)14(2)13-25(29,3)4)10-19-22(31)28-24(33)30(23(19)32)17-8-6-7-16(26)11-17/h6-13H,5H2,1-4H3,(H,28,31,33)/b19-10-.